The first kappa shape index (κ1) is 15.6. The Hall–Kier alpha value is -2.29. The van der Waals surface area contributed by atoms with E-state index in [0.717, 1.165) is 24.2 Å². The fraction of sp³-hybridized carbons (Fsp3) is 0.350. The topological polar surface area (TPSA) is 29.5 Å². The first-order valence-corrected chi connectivity index (χ1v) is 8.28. The third kappa shape index (κ3) is 3.92. The molecule has 2 aromatic rings. The molecule has 0 aromatic heterocycles. The van der Waals surface area contributed by atoms with E-state index in [2.05, 4.69) is 0 Å². The predicted molar refractivity (Wildman–Crippen MR) is 91.6 cm³/mol. The summed E-state index contributed by atoms with van der Waals surface area (Å²) in [6.07, 6.45) is 4.68. The molecular weight excluding hydrogens is 286 g/mol. The Morgan fingerprint density at radius 1 is 1.09 bits per heavy atom. The van der Waals surface area contributed by atoms with Gasteiger partial charge < -0.3 is 9.64 Å². The molecule has 1 fully saturated rings. The van der Waals surface area contributed by atoms with Gasteiger partial charge in [0.15, 0.2) is 0 Å². The van der Waals surface area contributed by atoms with E-state index in [1.54, 1.807) is 0 Å². The van der Waals surface area contributed by atoms with E-state index in [9.17, 15) is 4.79 Å². The summed E-state index contributed by atoms with van der Waals surface area (Å²) in [4.78, 5) is 14.5. The zero-order chi connectivity index (χ0) is 16.1. The van der Waals surface area contributed by atoms with Gasteiger partial charge in [-0.3, -0.25) is 4.79 Å². The minimum atomic E-state index is 0.0852. The summed E-state index contributed by atoms with van der Waals surface area (Å²) < 4.78 is 5.82. The molecule has 0 radical (unpaired) electrons. The smallest absolute Gasteiger partial charge is 0.253 e. The Kier molecular flexibility index (Phi) is 4.96. The van der Waals surface area contributed by atoms with Crippen molar-refractivity contribution in [1.82, 2.24) is 4.90 Å². The van der Waals surface area contributed by atoms with Crippen LogP contribution in [0, 0.1) is 0 Å². The van der Waals surface area contributed by atoms with Crippen LogP contribution in [0.1, 0.15) is 41.6 Å². The minimum Gasteiger partial charge on any atom is -0.489 e. The molecule has 3 rings (SSSR count). The van der Waals surface area contributed by atoms with Gasteiger partial charge in [-0.05, 0) is 36.6 Å². The van der Waals surface area contributed by atoms with Crippen LogP contribution in [-0.2, 0) is 6.61 Å². The second kappa shape index (κ2) is 7.32. The molecule has 0 saturated heterocycles. The highest BCUT2D eigenvalue weighted by Gasteiger charge is 2.24. The fourth-order valence-electron chi connectivity index (χ4n) is 3.12. The van der Waals surface area contributed by atoms with Gasteiger partial charge in [0.1, 0.15) is 12.4 Å². The summed E-state index contributed by atoms with van der Waals surface area (Å²) in [7, 11) is 1.91. The number of rotatable bonds is 5. The quantitative estimate of drug-likeness (QED) is 0.825. The molecule has 0 aliphatic heterocycles. The van der Waals surface area contributed by atoms with Crippen LogP contribution < -0.4 is 4.74 Å². The number of hydrogen-bond acceptors (Lipinski definition) is 2. The van der Waals surface area contributed by atoms with Crippen molar-refractivity contribution in [2.24, 2.45) is 0 Å². The van der Waals surface area contributed by atoms with Crippen LogP contribution in [0.4, 0.5) is 0 Å². The number of carbonyl (C=O) groups is 1. The van der Waals surface area contributed by atoms with Gasteiger partial charge in [-0.1, -0.05) is 49.2 Å². The highest BCUT2D eigenvalue weighted by atomic mass is 16.5. The molecule has 0 heterocycles. The third-order valence-corrected chi connectivity index (χ3v) is 4.52. The van der Waals surface area contributed by atoms with Crippen molar-refractivity contribution >= 4 is 5.91 Å². The number of hydrogen-bond donors (Lipinski definition) is 0. The highest BCUT2D eigenvalue weighted by molar-refractivity contribution is 5.94. The summed E-state index contributed by atoms with van der Waals surface area (Å²) in [5.74, 6) is 0.821. The molecule has 23 heavy (non-hydrogen) atoms. The van der Waals surface area contributed by atoms with E-state index in [4.69, 9.17) is 4.74 Å². The van der Waals surface area contributed by atoms with Crippen molar-refractivity contribution in [3.8, 4) is 5.75 Å². The SMILES string of the molecule is CN(C(=O)c1cccc(OCc2ccccc2)c1)C1CCCC1. The molecule has 0 atom stereocenters. The van der Waals surface area contributed by atoms with E-state index >= 15 is 0 Å². The Balaban J connectivity index is 1.65. The Labute approximate surface area is 137 Å². The second-order valence-electron chi connectivity index (χ2n) is 6.16. The maximum absolute atomic E-state index is 12.6. The van der Waals surface area contributed by atoms with Crippen LogP contribution in [-0.4, -0.2) is 23.9 Å². The van der Waals surface area contributed by atoms with Gasteiger partial charge in [-0.15, -0.1) is 0 Å². The third-order valence-electron chi connectivity index (χ3n) is 4.52. The van der Waals surface area contributed by atoms with Gasteiger partial charge >= 0.3 is 0 Å². The van der Waals surface area contributed by atoms with Crippen molar-refractivity contribution in [3.63, 3.8) is 0 Å². The summed E-state index contributed by atoms with van der Waals surface area (Å²) in [6.45, 7) is 0.511. The summed E-state index contributed by atoms with van der Waals surface area (Å²) >= 11 is 0. The van der Waals surface area contributed by atoms with E-state index in [1.165, 1.54) is 12.8 Å². The summed E-state index contributed by atoms with van der Waals surface area (Å²) in [5, 5.41) is 0. The molecular formula is C20H23NO2. The van der Waals surface area contributed by atoms with E-state index in [0.29, 0.717) is 18.2 Å². The molecule has 0 unspecified atom stereocenters. The van der Waals surface area contributed by atoms with Crippen LogP contribution >= 0.6 is 0 Å². The van der Waals surface area contributed by atoms with E-state index in [1.807, 2.05) is 66.5 Å². The second-order valence-corrected chi connectivity index (χ2v) is 6.16. The zero-order valence-corrected chi connectivity index (χ0v) is 13.6. The maximum Gasteiger partial charge on any atom is 0.253 e. The van der Waals surface area contributed by atoms with Crippen molar-refractivity contribution in [1.29, 1.82) is 0 Å². The van der Waals surface area contributed by atoms with Gasteiger partial charge in [0.2, 0.25) is 0 Å². The molecule has 1 aliphatic carbocycles. The highest BCUT2D eigenvalue weighted by Crippen LogP contribution is 2.24. The van der Waals surface area contributed by atoms with E-state index < -0.39 is 0 Å². The first-order valence-electron chi connectivity index (χ1n) is 8.28. The number of ether oxygens (including phenoxy) is 1. The van der Waals surface area contributed by atoms with E-state index in [-0.39, 0.29) is 5.91 Å². The lowest BCUT2D eigenvalue weighted by molar-refractivity contribution is 0.0734. The van der Waals surface area contributed by atoms with Crippen molar-refractivity contribution in [2.75, 3.05) is 7.05 Å². The lowest BCUT2D eigenvalue weighted by Crippen LogP contribution is -2.35. The molecule has 1 saturated carbocycles. The Morgan fingerprint density at radius 3 is 2.57 bits per heavy atom. The minimum absolute atomic E-state index is 0.0852. The van der Waals surface area contributed by atoms with Gasteiger partial charge in [0, 0.05) is 18.7 Å². The number of nitrogens with zero attached hydrogens (tertiary/aromatic N) is 1. The molecule has 3 heteroatoms. The largest absolute Gasteiger partial charge is 0.489 e. The normalized spacial score (nSPS) is 14.7. The Morgan fingerprint density at radius 2 is 1.83 bits per heavy atom. The molecule has 3 nitrogen and oxygen atoms in total. The lowest BCUT2D eigenvalue weighted by Gasteiger charge is -2.24. The molecule has 1 amide bonds. The molecule has 0 bridgehead atoms. The average molecular weight is 309 g/mol. The molecule has 0 spiro atoms. The summed E-state index contributed by atoms with van der Waals surface area (Å²) in [6, 6.07) is 17.9. The van der Waals surface area contributed by atoms with Crippen LogP contribution in [0.5, 0.6) is 5.75 Å². The van der Waals surface area contributed by atoms with Gasteiger partial charge in [0.25, 0.3) is 5.91 Å². The number of benzene rings is 2. The summed E-state index contributed by atoms with van der Waals surface area (Å²) in [5.41, 5.74) is 1.82. The Bertz CT molecular complexity index is 648. The monoisotopic (exact) mass is 309 g/mol. The maximum atomic E-state index is 12.6. The predicted octanol–water partition coefficient (Wildman–Crippen LogP) is 4.28. The number of amides is 1. The lowest BCUT2D eigenvalue weighted by atomic mass is 10.1. The van der Waals surface area contributed by atoms with Crippen LogP contribution in [0.25, 0.3) is 0 Å². The van der Waals surface area contributed by atoms with Gasteiger partial charge in [0.05, 0.1) is 0 Å². The zero-order valence-electron chi connectivity index (χ0n) is 13.6. The van der Waals surface area contributed by atoms with Crippen LogP contribution in [0.2, 0.25) is 0 Å². The van der Waals surface area contributed by atoms with Gasteiger partial charge in [-0.2, -0.15) is 0 Å². The molecule has 1 aliphatic rings. The molecule has 0 N–H and O–H groups in total. The van der Waals surface area contributed by atoms with Crippen molar-refractivity contribution < 1.29 is 9.53 Å². The van der Waals surface area contributed by atoms with Crippen molar-refractivity contribution in [3.05, 3.63) is 65.7 Å². The standard InChI is InChI=1S/C20H23NO2/c1-21(18-11-5-6-12-18)20(22)17-10-7-13-19(14-17)23-15-16-8-3-2-4-9-16/h2-4,7-10,13-14,18H,5-6,11-12,15H2,1H3. The molecule has 2 aromatic carbocycles. The van der Waals surface area contributed by atoms with Crippen LogP contribution in [0.15, 0.2) is 54.6 Å². The van der Waals surface area contributed by atoms with Crippen molar-refractivity contribution in [2.45, 2.75) is 38.3 Å². The fourth-order valence-corrected chi connectivity index (χ4v) is 3.12. The average Bonchev–Trinajstić information content (AvgIpc) is 3.14. The first-order chi connectivity index (χ1) is 11.2. The molecule has 120 valence electrons. The van der Waals surface area contributed by atoms with Crippen LogP contribution in [0.3, 0.4) is 0 Å². The van der Waals surface area contributed by atoms with Gasteiger partial charge in [-0.25, -0.2) is 0 Å². The number of carbonyl (C=O) groups excluding carboxylic acids is 1.